The van der Waals surface area contributed by atoms with E-state index in [4.69, 9.17) is 5.73 Å². The van der Waals surface area contributed by atoms with Gasteiger partial charge in [0.25, 0.3) is 0 Å². The van der Waals surface area contributed by atoms with Crippen LogP contribution < -0.4 is 16.4 Å². The molecule has 13 nitrogen and oxygen atoms in total. The normalized spacial score (nSPS) is 13.5. The van der Waals surface area contributed by atoms with E-state index in [-0.39, 0.29) is 32.5 Å². The topological polar surface area (TPSA) is 202 Å². The average molecular weight is 638 g/mol. The molecule has 4 atom stereocenters. The summed E-state index contributed by atoms with van der Waals surface area (Å²) >= 11 is 0. The summed E-state index contributed by atoms with van der Waals surface area (Å²) in [5.74, 6) is -0.462. The molecule has 0 heterocycles. The number of nitrogens with one attached hydrogen (secondary N) is 2. The first-order chi connectivity index (χ1) is 21.2. The number of rotatable bonds is 28. The lowest BCUT2D eigenvalue weighted by atomic mass is 10.0. The fraction of sp³-hybridized carbons (Fsp3) is 0.688. The van der Waals surface area contributed by atoms with E-state index in [1.807, 2.05) is 0 Å². The van der Waals surface area contributed by atoms with Gasteiger partial charge < -0.3 is 41.7 Å². The van der Waals surface area contributed by atoms with Gasteiger partial charge in [0.05, 0.1) is 12.2 Å². The van der Waals surface area contributed by atoms with E-state index in [1.165, 1.54) is 0 Å². The van der Waals surface area contributed by atoms with Crippen LogP contribution in [0.2, 0.25) is 0 Å². The van der Waals surface area contributed by atoms with Crippen molar-refractivity contribution in [2.45, 2.75) is 95.5 Å². The average Bonchev–Trinajstić information content (AvgIpc) is 3.01. The first-order valence-corrected chi connectivity index (χ1v) is 15.7. The quantitative estimate of drug-likeness (QED) is 0.0202. The summed E-state index contributed by atoms with van der Waals surface area (Å²) in [7, 11) is 1.68. The standard InChI is InChI=1S/C32H59N7O6/c1-24(2)37(6)22-29(41)32(44)31(43)28(40)21-36-26(4)14-16-30(42)39(45)20-12-8-10-18-35-25(3)13-15-27(5)38(23-34)19-11-7-9-17-33/h28-29,31-32,35-36,40-41,43-45H,1,3-5,7-22,33H2,2,6H3. The van der Waals surface area contributed by atoms with E-state index in [0.29, 0.717) is 55.4 Å². The maximum absolute atomic E-state index is 12.3. The number of hydrogen-bond donors (Lipinski definition) is 8. The number of nitrogens with zero attached hydrogens (tertiary/aromatic N) is 4. The van der Waals surface area contributed by atoms with Gasteiger partial charge in [0.15, 0.2) is 6.19 Å². The first kappa shape index (κ1) is 41.9. The third-order valence-corrected chi connectivity index (χ3v) is 7.47. The highest BCUT2D eigenvalue weighted by atomic mass is 16.5. The van der Waals surface area contributed by atoms with Gasteiger partial charge in [-0.3, -0.25) is 14.9 Å². The number of nitrogens with two attached hydrogens (primary N) is 1. The summed E-state index contributed by atoms with van der Waals surface area (Å²) in [6.07, 6.45) is 2.90. The minimum Gasteiger partial charge on any atom is -0.389 e. The molecule has 0 aromatic carbocycles. The molecular weight excluding hydrogens is 578 g/mol. The van der Waals surface area contributed by atoms with Crippen LogP contribution in [0.5, 0.6) is 0 Å². The molecule has 9 N–H and O–H groups in total. The molecule has 0 bridgehead atoms. The first-order valence-electron chi connectivity index (χ1n) is 15.7. The maximum Gasteiger partial charge on any atom is 0.246 e. The van der Waals surface area contributed by atoms with Crippen LogP contribution in [0.3, 0.4) is 0 Å². The summed E-state index contributed by atoms with van der Waals surface area (Å²) in [6.45, 7) is 19.4. The molecule has 0 saturated carbocycles. The van der Waals surface area contributed by atoms with Gasteiger partial charge in [-0.15, -0.1) is 0 Å². The lowest BCUT2D eigenvalue weighted by Crippen LogP contribution is -2.50. The predicted molar refractivity (Wildman–Crippen MR) is 176 cm³/mol. The number of hydrogen-bond acceptors (Lipinski definition) is 12. The fourth-order valence-corrected chi connectivity index (χ4v) is 4.19. The van der Waals surface area contributed by atoms with Gasteiger partial charge in [0.1, 0.15) is 12.2 Å². The number of hydroxylamine groups is 2. The molecule has 1 amide bonds. The van der Waals surface area contributed by atoms with Crippen molar-refractivity contribution < 1.29 is 30.4 Å². The zero-order valence-corrected chi connectivity index (χ0v) is 27.5. The largest absolute Gasteiger partial charge is 0.389 e. The summed E-state index contributed by atoms with van der Waals surface area (Å²) in [5, 5.41) is 66.9. The van der Waals surface area contributed by atoms with E-state index >= 15 is 0 Å². The van der Waals surface area contributed by atoms with Crippen LogP contribution in [0.4, 0.5) is 0 Å². The molecule has 258 valence electrons. The molecule has 0 radical (unpaired) electrons. The molecule has 0 aliphatic carbocycles. The van der Waals surface area contributed by atoms with Crippen molar-refractivity contribution in [2.24, 2.45) is 5.73 Å². The van der Waals surface area contributed by atoms with Gasteiger partial charge in [-0.1, -0.05) is 32.7 Å². The molecule has 0 aromatic heterocycles. The Morgan fingerprint density at radius 3 is 2.04 bits per heavy atom. The lowest BCUT2D eigenvalue weighted by molar-refractivity contribution is -0.165. The molecule has 0 aromatic rings. The van der Waals surface area contributed by atoms with Crippen molar-refractivity contribution in [3.8, 4) is 6.19 Å². The Kier molecular flexibility index (Phi) is 22.5. The second kappa shape index (κ2) is 24.2. The van der Waals surface area contributed by atoms with E-state index in [1.54, 1.807) is 23.8 Å². The number of aliphatic hydroxyl groups excluding tert-OH is 4. The summed E-state index contributed by atoms with van der Waals surface area (Å²) < 4.78 is 0. The van der Waals surface area contributed by atoms with Crippen molar-refractivity contribution in [3.63, 3.8) is 0 Å². The van der Waals surface area contributed by atoms with Gasteiger partial charge in [0, 0.05) is 69.0 Å². The second-order valence-corrected chi connectivity index (χ2v) is 11.5. The number of amides is 1. The second-order valence-electron chi connectivity index (χ2n) is 11.5. The summed E-state index contributed by atoms with van der Waals surface area (Å²) in [5.41, 5.74) is 8.23. The molecular formula is C32H59N7O6. The molecule has 45 heavy (non-hydrogen) atoms. The predicted octanol–water partition coefficient (Wildman–Crippen LogP) is 1.48. The Labute approximate surface area is 269 Å². The van der Waals surface area contributed by atoms with Crippen molar-refractivity contribution in [1.82, 2.24) is 25.5 Å². The van der Waals surface area contributed by atoms with E-state index in [0.717, 1.165) is 43.5 Å². The monoisotopic (exact) mass is 637 g/mol. The summed E-state index contributed by atoms with van der Waals surface area (Å²) in [4.78, 5) is 15.5. The SMILES string of the molecule is C=C(CCC(=C)N(C#N)CCCCCN)NCCCCCN(O)C(=O)CCC(=C)NCC(O)C(O)C(O)C(O)CN(C)C(=C)C. The van der Waals surface area contributed by atoms with Gasteiger partial charge in [-0.25, -0.2) is 5.06 Å². The number of likely N-dealkylation sites (N-methyl/N-ethyl adjacent to an activating group) is 1. The number of carbonyl (C=O) groups excluding carboxylic acids is 1. The smallest absolute Gasteiger partial charge is 0.246 e. The van der Waals surface area contributed by atoms with Gasteiger partial charge in [0.2, 0.25) is 5.91 Å². The summed E-state index contributed by atoms with van der Waals surface area (Å²) in [6, 6.07) is 0. The van der Waals surface area contributed by atoms with Crippen LogP contribution in [0, 0.1) is 11.5 Å². The van der Waals surface area contributed by atoms with Crippen molar-refractivity contribution in [2.75, 3.05) is 46.3 Å². The fourth-order valence-electron chi connectivity index (χ4n) is 4.19. The Balaban J connectivity index is 4.11. The Bertz CT molecular complexity index is 957. The zero-order valence-electron chi connectivity index (χ0n) is 27.5. The number of carbonyl (C=O) groups is 1. The number of unbranched alkanes of at least 4 members (excludes halogenated alkanes) is 4. The molecule has 4 unspecified atom stereocenters. The maximum atomic E-state index is 12.3. The highest BCUT2D eigenvalue weighted by Crippen LogP contribution is 2.13. The Morgan fingerprint density at radius 1 is 0.844 bits per heavy atom. The third kappa shape index (κ3) is 19.1. The number of allylic oxidation sites excluding steroid dienone is 4. The molecule has 0 aliphatic heterocycles. The zero-order chi connectivity index (χ0) is 34.4. The molecule has 0 saturated heterocycles. The van der Waals surface area contributed by atoms with Crippen molar-refractivity contribution >= 4 is 5.91 Å². The van der Waals surface area contributed by atoms with Crippen molar-refractivity contribution in [1.29, 1.82) is 5.26 Å². The Hall–Kier alpha value is -3.12. The van der Waals surface area contributed by atoms with E-state index < -0.39 is 30.3 Å². The highest BCUT2D eigenvalue weighted by Gasteiger charge is 2.31. The minimum atomic E-state index is -1.61. The van der Waals surface area contributed by atoms with Crippen LogP contribution in [0.25, 0.3) is 0 Å². The highest BCUT2D eigenvalue weighted by molar-refractivity contribution is 5.75. The van der Waals surface area contributed by atoms with Crippen molar-refractivity contribution in [3.05, 3.63) is 49.1 Å². The molecule has 0 rings (SSSR count). The van der Waals surface area contributed by atoms with Crippen LogP contribution in [0.15, 0.2) is 49.1 Å². The minimum absolute atomic E-state index is 0.000832. The van der Waals surface area contributed by atoms with Crippen LogP contribution >= 0.6 is 0 Å². The molecule has 0 fully saturated rings. The van der Waals surface area contributed by atoms with Crippen LogP contribution in [0.1, 0.15) is 71.1 Å². The molecule has 0 aliphatic rings. The van der Waals surface area contributed by atoms with Gasteiger partial charge in [-0.05, 0) is 64.8 Å². The van der Waals surface area contributed by atoms with Gasteiger partial charge in [-0.2, -0.15) is 5.26 Å². The van der Waals surface area contributed by atoms with E-state index in [2.05, 4.69) is 43.1 Å². The molecule has 0 spiro atoms. The lowest BCUT2D eigenvalue weighted by Gasteiger charge is -2.30. The number of nitriles is 1. The number of aliphatic hydroxyl groups is 4. The van der Waals surface area contributed by atoms with Crippen LogP contribution in [-0.4, -0.2) is 117 Å². The van der Waals surface area contributed by atoms with Gasteiger partial charge >= 0.3 is 0 Å². The third-order valence-electron chi connectivity index (χ3n) is 7.47. The van der Waals surface area contributed by atoms with E-state index in [9.17, 15) is 35.7 Å². The molecule has 13 heteroatoms. The van der Waals surface area contributed by atoms with Crippen LogP contribution in [-0.2, 0) is 4.79 Å². The Morgan fingerprint density at radius 2 is 1.42 bits per heavy atom.